The van der Waals surface area contributed by atoms with Crippen molar-refractivity contribution in [1.29, 1.82) is 0 Å². The van der Waals surface area contributed by atoms with Crippen LogP contribution >= 0.6 is 11.6 Å². The lowest BCUT2D eigenvalue weighted by Gasteiger charge is -2.22. The van der Waals surface area contributed by atoms with Crippen LogP contribution in [0.4, 0.5) is 17.1 Å². The van der Waals surface area contributed by atoms with Gasteiger partial charge < -0.3 is 4.90 Å². The number of nitro groups is 2. The maximum atomic E-state index is 11.1. The molecule has 0 aromatic heterocycles. The molecule has 8 heteroatoms. The predicted molar refractivity (Wildman–Crippen MR) is 70.8 cm³/mol. The van der Waals surface area contributed by atoms with Crippen LogP contribution in [0.5, 0.6) is 0 Å². The Labute approximate surface area is 114 Å². The number of nitrogens with zero attached hydrogens (tertiary/aromatic N) is 3. The predicted octanol–water partition coefficient (Wildman–Crippen LogP) is 3.15. The van der Waals surface area contributed by atoms with Crippen molar-refractivity contribution in [3.63, 3.8) is 0 Å². The van der Waals surface area contributed by atoms with E-state index in [2.05, 4.69) is 0 Å². The van der Waals surface area contributed by atoms with Crippen molar-refractivity contribution >= 4 is 28.7 Å². The van der Waals surface area contributed by atoms with Gasteiger partial charge in [-0.05, 0) is 19.8 Å². The molecular weight excluding hydrogens is 274 g/mol. The Morgan fingerprint density at radius 1 is 1.26 bits per heavy atom. The lowest BCUT2D eigenvalue weighted by atomic mass is 10.2. The molecule has 1 aliphatic carbocycles. The molecular formula is C11H12ClN3O4. The molecule has 0 radical (unpaired) electrons. The highest BCUT2D eigenvalue weighted by Crippen LogP contribution is 2.44. The van der Waals surface area contributed by atoms with E-state index < -0.39 is 9.85 Å². The van der Waals surface area contributed by atoms with Gasteiger partial charge in [0.25, 0.3) is 0 Å². The third-order valence-electron chi connectivity index (χ3n) is 3.04. The summed E-state index contributed by atoms with van der Waals surface area (Å²) in [5.74, 6) is 0. The van der Waals surface area contributed by atoms with E-state index in [0.29, 0.717) is 6.54 Å². The quantitative estimate of drug-likeness (QED) is 0.612. The normalized spacial score (nSPS) is 14.2. The molecule has 0 saturated heterocycles. The number of benzene rings is 1. The molecule has 0 bridgehead atoms. The molecule has 19 heavy (non-hydrogen) atoms. The van der Waals surface area contributed by atoms with Gasteiger partial charge in [0.1, 0.15) is 0 Å². The summed E-state index contributed by atoms with van der Waals surface area (Å²) in [5.41, 5.74) is -0.565. The molecule has 0 spiro atoms. The molecule has 2 rings (SSSR count). The summed E-state index contributed by atoms with van der Waals surface area (Å²) in [5, 5.41) is 22.2. The zero-order chi connectivity index (χ0) is 14.2. The Bertz CT molecular complexity index is 510. The molecule has 7 nitrogen and oxygen atoms in total. The van der Waals surface area contributed by atoms with E-state index in [1.54, 1.807) is 4.90 Å². The van der Waals surface area contributed by atoms with E-state index in [9.17, 15) is 20.2 Å². The molecule has 1 aromatic rings. The summed E-state index contributed by atoms with van der Waals surface area (Å²) in [6, 6.07) is 2.47. The number of rotatable bonds is 5. The molecule has 0 amide bonds. The second kappa shape index (κ2) is 5.00. The van der Waals surface area contributed by atoms with Crippen molar-refractivity contribution in [3.8, 4) is 0 Å². The van der Waals surface area contributed by atoms with Gasteiger partial charge in [-0.1, -0.05) is 11.6 Å². The number of anilines is 1. The van der Waals surface area contributed by atoms with Gasteiger partial charge in [-0.15, -0.1) is 0 Å². The standard InChI is InChI=1S/C11H12ClN3O4/c1-2-13(8-3-4-8)11-9(14(16)17)5-7(12)6-10(11)15(18)19/h5-6,8H,2-4H2,1H3. The van der Waals surface area contributed by atoms with Crippen LogP contribution in [0.25, 0.3) is 0 Å². The largest absolute Gasteiger partial charge is 0.358 e. The van der Waals surface area contributed by atoms with E-state index in [1.165, 1.54) is 0 Å². The van der Waals surface area contributed by atoms with E-state index in [1.807, 2.05) is 6.92 Å². The fourth-order valence-electron chi connectivity index (χ4n) is 2.13. The number of hydrogen-bond donors (Lipinski definition) is 0. The highest BCUT2D eigenvalue weighted by atomic mass is 35.5. The monoisotopic (exact) mass is 285 g/mol. The van der Waals surface area contributed by atoms with Gasteiger partial charge in [0, 0.05) is 24.7 Å². The molecule has 102 valence electrons. The van der Waals surface area contributed by atoms with Crippen LogP contribution in [-0.2, 0) is 0 Å². The SMILES string of the molecule is CCN(c1c([N+](=O)[O-])cc(Cl)cc1[N+](=O)[O-])C1CC1. The first-order valence-electron chi connectivity index (χ1n) is 5.84. The van der Waals surface area contributed by atoms with Crippen LogP contribution in [-0.4, -0.2) is 22.4 Å². The molecule has 1 aromatic carbocycles. The van der Waals surface area contributed by atoms with Crippen LogP contribution in [0.2, 0.25) is 5.02 Å². The van der Waals surface area contributed by atoms with Crippen molar-refractivity contribution < 1.29 is 9.85 Å². The Morgan fingerprint density at radius 2 is 1.74 bits per heavy atom. The molecule has 1 saturated carbocycles. The first-order valence-corrected chi connectivity index (χ1v) is 6.22. The fraction of sp³-hybridized carbons (Fsp3) is 0.455. The zero-order valence-electron chi connectivity index (χ0n) is 10.2. The summed E-state index contributed by atoms with van der Waals surface area (Å²) in [6.07, 6.45) is 1.79. The summed E-state index contributed by atoms with van der Waals surface area (Å²) in [6.45, 7) is 2.30. The van der Waals surface area contributed by atoms with Gasteiger partial charge in [-0.3, -0.25) is 20.2 Å². The van der Waals surface area contributed by atoms with Gasteiger partial charge in [0.05, 0.1) is 14.9 Å². The number of nitro benzene ring substituents is 2. The smallest absolute Gasteiger partial charge is 0.301 e. The zero-order valence-corrected chi connectivity index (χ0v) is 11.0. The van der Waals surface area contributed by atoms with E-state index in [-0.39, 0.29) is 28.1 Å². The minimum Gasteiger partial charge on any atom is -0.358 e. The first kappa shape index (κ1) is 13.5. The lowest BCUT2D eigenvalue weighted by Crippen LogP contribution is -2.26. The van der Waals surface area contributed by atoms with Crippen LogP contribution in [0, 0.1) is 20.2 Å². The molecule has 0 atom stereocenters. The van der Waals surface area contributed by atoms with Gasteiger partial charge in [-0.2, -0.15) is 0 Å². The van der Waals surface area contributed by atoms with E-state index >= 15 is 0 Å². The average Bonchev–Trinajstić information content (AvgIpc) is 3.15. The van der Waals surface area contributed by atoms with Crippen molar-refractivity contribution in [2.24, 2.45) is 0 Å². The molecule has 0 aliphatic heterocycles. The van der Waals surface area contributed by atoms with Crippen LogP contribution in [0.1, 0.15) is 19.8 Å². The van der Waals surface area contributed by atoms with Gasteiger partial charge in [-0.25, -0.2) is 0 Å². The van der Waals surface area contributed by atoms with Crippen molar-refractivity contribution in [2.75, 3.05) is 11.4 Å². The number of halogens is 1. The van der Waals surface area contributed by atoms with Gasteiger partial charge in [0.2, 0.25) is 0 Å². The maximum absolute atomic E-state index is 11.1. The van der Waals surface area contributed by atoms with Gasteiger partial charge >= 0.3 is 11.4 Å². The highest BCUT2D eigenvalue weighted by molar-refractivity contribution is 6.31. The molecule has 1 fully saturated rings. The Balaban J connectivity index is 2.65. The second-order valence-corrected chi connectivity index (χ2v) is 4.76. The van der Waals surface area contributed by atoms with Crippen LogP contribution < -0.4 is 4.90 Å². The summed E-state index contributed by atoms with van der Waals surface area (Å²) in [4.78, 5) is 22.7. The lowest BCUT2D eigenvalue weighted by molar-refractivity contribution is -0.392. The Kier molecular flexibility index (Phi) is 3.57. The van der Waals surface area contributed by atoms with Crippen LogP contribution in [0.15, 0.2) is 12.1 Å². The van der Waals surface area contributed by atoms with E-state index in [4.69, 9.17) is 11.6 Å². The second-order valence-electron chi connectivity index (χ2n) is 4.32. The topological polar surface area (TPSA) is 89.5 Å². The summed E-state index contributed by atoms with van der Waals surface area (Å²) in [7, 11) is 0. The maximum Gasteiger partial charge on any atom is 0.301 e. The first-order chi connectivity index (χ1) is 8.95. The van der Waals surface area contributed by atoms with Gasteiger partial charge in [0.15, 0.2) is 5.69 Å². The minimum absolute atomic E-state index is 0.00556. The third kappa shape index (κ3) is 2.60. The average molecular weight is 286 g/mol. The van der Waals surface area contributed by atoms with Crippen molar-refractivity contribution in [3.05, 3.63) is 37.4 Å². The third-order valence-corrected chi connectivity index (χ3v) is 3.26. The fourth-order valence-corrected chi connectivity index (χ4v) is 2.34. The summed E-state index contributed by atoms with van der Waals surface area (Å²) < 4.78 is 0. The summed E-state index contributed by atoms with van der Waals surface area (Å²) >= 11 is 5.73. The molecule has 0 unspecified atom stereocenters. The minimum atomic E-state index is -0.626. The molecule has 1 aliphatic rings. The van der Waals surface area contributed by atoms with Crippen molar-refractivity contribution in [1.82, 2.24) is 0 Å². The molecule has 0 heterocycles. The molecule has 0 N–H and O–H groups in total. The van der Waals surface area contributed by atoms with Crippen molar-refractivity contribution in [2.45, 2.75) is 25.8 Å². The highest BCUT2D eigenvalue weighted by Gasteiger charge is 2.37. The van der Waals surface area contributed by atoms with E-state index in [0.717, 1.165) is 25.0 Å². The Morgan fingerprint density at radius 3 is 2.05 bits per heavy atom. The van der Waals surface area contributed by atoms with Crippen LogP contribution in [0.3, 0.4) is 0 Å². The number of hydrogen-bond acceptors (Lipinski definition) is 5. The Hall–Kier alpha value is -1.89.